The minimum absolute atomic E-state index is 0.141. The predicted molar refractivity (Wildman–Crippen MR) is 116 cm³/mol. The number of rotatable bonds is 8. The van der Waals surface area contributed by atoms with Gasteiger partial charge in [0.15, 0.2) is 5.16 Å². The van der Waals surface area contributed by atoms with Crippen LogP contribution in [0.3, 0.4) is 0 Å². The molecule has 0 amide bonds. The van der Waals surface area contributed by atoms with Gasteiger partial charge in [-0.15, -0.1) is 10.2 Å². The van der Waals surface area contributed by atoms with E-state index < -0.39 is 0 Å². The molecule has 3 rings (SSSR count). The van der Waals surface area contributed by atoms with Crippen LogP contribution in [0.2, 0.25) is 5.02 Å². The monoisotopic (exact) mass is 432 g/mol. The molecule has 1 N–H and O–H groups in total. The maximum absolute atomic E-state index is 12.8. The summed E-state index contributed by atoms with van der Waals surface area (Å²) in [6.07, 6.45) is 0. The summed E-state index contributed by atoms with van der Waals surface area (Å²) in [5.74, 6) is 2.17. The highest BCUT2D eigenvalue weighted by Gasteiger charge is 2.13. The SMILES string of the molecule is CCn1c(SCc2ccc(OC)cc2)nnc(Nc2ccc(OC)c(Cl)c2)c1=O. The maximum atomic E-state index is 12.8. The Bertz CT molecular complexity index is 1040. The van der Waals surface area contributed by atoms with E-state index in [0.29, 0.717) is 33.9 Å². The number of thioether (sulfide) groups is 1. The molecule has 0 saturated heterocycles. The van der Waals surface area contributed by atoms with Crippen molar-refractivity contribution in [2.24, 2.45) is 0 Å². The zero-order valence-corrected chi connectivity index (χ0v) is 17.9. The van der Waals surface area contributed by atoms with Gasteiger partial charge in [-0.25, -0.2) is 0 Å². The van der Waals surface area contributed by atoms with Crippen LogP contribution in [0, 0.1) is 0 Å². The molecule has 0 fully saturated rings. The van der Waals surface area contributed by atoms with Crippen LogP contribution in [-0.2, 0) is 12.3 Å². The molecule has 9 heteroatoms. The molecule has 3 aromatic rings. The molecule has 0 aliphatic carbocycles. The Morgan fingerprint density at radius 3 is 2.48 bits per heavy atom. The Hall–Kier alpha value is -2.71. The minimum Gasteiger partial charge on any atom is -0.497 e. The molecule has 152 valence electrons. The van der Waals surface area contributed by atoms with E-state index in [1.807, 2.05) is 31.2 Å². The van der Waals surface area contributed by atoms with Gasteiger partial charge in [0.25, 0.3) is 5.56 Å². The maximum Gasteiger partial charge on any atom is 0.297 e. The first-order valence-electron chi connectivity index (χ1n) is 8.89. The van der Waals surface area contributed by atoms with E-state index in [4.69, 9.17) is 21.1 Å². The smallest absolute Gasteiger partial charge is 0.297 e. The third kappa shape index (κ3) is 5.02. The quantitative estimate of drug-likeness (QED) is 0.529. The molecular weight excluding hydrogens is 412 g/mol. The van der Waals surface area contributed by atoms with Crippen molar-refractivity contribution in [3.63, 3.8) is 0 Å². The normalized spacial score (nSPS) is 10.6. The summed E-state index contributed by atoms with van der Waals surface area (Å²) in [7, 11) is 3.18. The molecule has 29 heavy (non-hydrogen) atoms. The molecule has 0 atom stereocenters. The number of ether oxygens (including phenoxy) is 2. The van der Waals surface area contributed by atoms with E-state index in [-0.39, 0.29) is 11.4 Å². The summed E-state index contributed by atoms with van der Waals surface area (Å²) in [5.41, 5.74) is 1.48. The van der Waals surface area contributed by atoms with Crippen molar-refractivity contribution in [3.05, 3.63) is 63.4 Å². The lowest BCUT2D eigenvalue weighted by Gasteiger charge is -2.12. The second-order valence-corrected chi connectivity index (χ2v) is 7.34. The van der Waals surface area contributed by atoms with Crippen LogP contribution in [0.25, 0.3) is 0 Å². The zero-order chi connectivity index (χ0) is 20.8. The Morgan fingerprint density at radius 1 is 1.10 bits per heavy atom. The van der Waals surface area contributed by atoms with Gasteiger partial charge >= 0.3 is 0 Å². The zero-order valence-electron chi connectivity index (χ0n) is 16.3. The van der Waals surface area contributed by atoms with E-state index in [9.17, 15) is 4.79 Å². The number of benzene rings is 2. The molecule has 1 heterocycles. The van der Waals surface area contributed by atoms with Crippen molar-refractivity contribution >= 4 is 34.9 Å². The van der Waals surface area contributed by atoms with Crippen LogP contribution >= 0.6 is 23.4 Å². The first kappa shape index (κ1) is 21.0. The summed E-state index contributed by atoms with van der Waals surface area (Å²) in [6.45, 7) is 2.38. The number of anilines is 2. The predicted octanol–water partition coefficient (Wildman–Crippen LogP) is 4.36. The number of aromatic nitrogens is 3. The second kappa shape index (κ2) is 9.67. The second-order valence-electron chi connectivity index (χ2n) is 5.99. The first-order chi connectivity index (χ1) is 14.0. The van der Waals surface area contributed by atoms with Crippen molar-refractivity contribution in [2.45, 2.75) is 24.4 Å². The molecular formula is C20H21ClN4O3S. The van der Waals surface area contributed by atoms with Crippen LogP contribution in [-0.4, -0.2) is 29.0 Å². The van der Waals surface area contributed by atoms with Gasteiger partial charge in [0.1, 0.15) is 11.5 Å². The lowest BCUT2D eigenvalue weighted by atomic mass is 10.2. The van der Waals surface area contributed by atoms with E-state index in [2.05, 4.69) is 15.5 Å². The van der Waals surface area contributed by atoms with E-state index >= 15 is 0 Å². The van der Waals surface area contributed by atoms with E-state index in [0.717, 1.165) is 11.3 Å². The summed E-state index contributed by atoms with van der Waals surface area (Å²) in [4.78, 5) is 12.8. The lowest BCUT2D eigenvalue weighted by molar-refractivity contribution is 0.414. The molecule has 0 unspecified atom stereocenters. The fourth-order valence-corrected chi connectivity index (χ4v) is 3.83. The van der Waals surface area contributed by atoms with Crippen LogP contribution < -0.4 is 20.3 Å². The molecule has 0 bridgehead atoms. The highest BCUT2D eigenvalue weighted by atomic mass is 35.5. The number of hydrogen-bond donors (Lipinski definition) is 1. The van der Waals surface area contributed by atoms with Crippen molar-refractivity contribution < 1.29 is 9.47 Å². The number of hydrogen-bond acceptors (Lipinski definition) is 7. The Balaban J connectivity index is 1.78. The molecule has 0 spiro atoms. The van der Waals surface area contributed by atoms with Crippen molar-refractivity contribution in [3.8, 4) is 11.5 Å². The highest BCUT2D eigenvalue weighted by molar-refractivity contribution is 7.98. The molecule has 0 saturated carbocycles. The van der Waals surface area contributed by atoms with Gasteiger partial charge in [0.05, 0.1) is 19.2 Å². The average Bonchev–Trinajstić information content (AvgIpc) is 2.74. The Labute approximate surface area is 178 Å². The standard InChI is InChI=1S/C20H21ClN4O3S/c1-4-25-19(26)18(22-14-7-10-17(28-3)16(21)11-14)23-24-20(25)29-12-13-5-8-15(27-2)9-6-13/h5-11H,4,12H2,1-3H3,(H,22,23). The summed E-state index contributed by atoms with van der Waals surface area (Å²) >= 11 is 7.60. The van der Waals surface area contributed by atoms with Gasteiger partial charge in [-0.05, 0) is 42.8 Å². The number of nitrogens with zero attached hydrogens (tertiary/aromatic N) is 3. The van der Waals surface area contributed by atoms with Crippen LogP contribution in [0.1, 0.15) is 12.5 Å². The molecule has 0 aliphatic rings. The third-order valence-corrected chi connectivity index (χ3v) is 5.51. The number of nitrogens with one attached hydrogen (secondary N) is 1. The lowest BCUT2D eigenvalue weighted by Crippen LogP contribution is -2.26. The summed E-state index contributed by atoms with van der Waals surface area (Å²) in [6, 6.07) is 12.9. The topological polar surface area (TPSA) is 78.3 Å². The van der Waals surface area contributed by atoms with Crippen LogP contribution in [0.4, 0.5) is 11.5 Å². The molecule has 1 aromatic heterocycles. The fraction of sp³-hybridized carbons (Fsp3) is 0.250. The number of halogens is 1. The van der Waals surface area contributed by atoms with Gasteiger partial charge in [-0.1, -0.05) is 35.5 Å². The number of methoxy groups -OCH3 is 2. The minimum atomic E-state index is -0.244. The summed E-state index contributed by atoms with van der Waals surface area (Å²) < 4.78 is 11.9. The first-order valence-corrected chi connectivity index (χ1v) is 10.3. The van der Waals surface area contributed by atoms with Crippen LogP contribution in [0.15, 0.2) is 52.4 Å². The van der Waals surface area contributed by atoms with E-state index in [1.165, 1.54) is 11.8 Å². The molecule has 0 radical (unpaired) electrons. The fourth-order valence-electron chi connectivity index (χ4n) is 2.62. The van der Waals surface area contributed by atoms with Gasteiger partial charge in [-0.2, -0.15) is 0 Å². The molecule has 0 aliphatic heterocycles. The molecule has 2 aromatic carbocycles. The van der Waals surface area contributed by atoms with Gasteiger partial charge in [0.2, 0.25) is 5.82 Å². The van der Waals surface area contributed by atoms with Crippen LogP contribution in [0.5, 0.6) is 11.5 Å². The highest BCUT2D eigenvalue weighted by Crippen LogP contribution is 2.28. The Morgan fingerprint density at radius 2 is 1.86 bits per heavy atom. The van der Waals surface area contributed by atoms with Crippen molar-refractivity contribution in [1.82, 2.24) is 14.8 Å². The van der Waals surface area contributed by atoms with Crippen molar-refractivity contribution in [2.75, 3.05) is 19.5 Å². The Kier molecular flexibility index (Phi) is 7.00. The van der Waals surface area contributed by atoms with Gasteiger partial charge in [-0.3, -0.25) is 9.36 Å². The van der Waals surface area contributed by atoms with Gasteiger partial charge < -0.3 is 14.8 Å². The third-order valence-electron chi connectivity index (χ3n) is 4.17. The molecule has 7 nitrogen and oxygen atoms in total. The largest absolute Gasteiger partial charge is 0.497 e. The average molecular weight is 433 g/mol. The van der Waals surface area contributed by atoms with Gasteiger partial charge in [0, 0.05) is 18.0 Å². The van der Waals surface area contributed by atoms with Crippen molar-refractivity contribution in [1.29, 1.82) is 0 Å². The summed E-state index contributed by atoms with van der Waals surface area (Å²) in [5, 5.41) is 12.3. The van der Waals surface area contributed by atoms with E-state index in [1.54, 1.807) is 37.0 Å².